The van der Waals surface area contributed by atoms with Gasteiger partial charge in [-0.3, -0.25) is 0 Å². The first-order valence-electron chi connectivity index (χ1n) is 9.52. The summed E-state index contributed by atoms with van der Waals surface area (Å²) in [6, 6.07) is 4.61. The summed E-state index contributed by atoms with van der Waals surface area (Å²) in [7, 11) is 0. The van der Waals surface area contributed by atoms with E-state index in [1.54, 1.807) is 0 Å². The Morgan fingerprint density at radius 1 is 0.773 bits per heavy atom. The fourth-order valence-corrected chi connectivity index (χ4v) is 6.65. The van der Waals surface area contributed by atoms with Gasteiger partial charge in [-0.2, -0.15) is 0 Å². The first kappa shape index (κ1) is 13.5. The summed E-state index contributed by atoms with van der Waals surface area (Å²) in [5.74, 6) is 5.59. The summed E-state index contributed by atoms with van der Waals surface area (Å²) in [5.41, 5.74) is 3.99. The van der Waals surface area contributed by atoms with Crippen molar-refractivity contribution >= 4 is 0 Å². The van der Waals surface area contributed by atoms with Gasteiger partial charge in [0.15, 0.2) is 0 Å². The van der Waals surface area contributed by atoms with Crippen LogP contribution in [-0.2, 0) is 0 Å². The van der Waals surface area contributed by atoms with Crippen LogP contribution in [0.25, 0.3) is 0 Å². The molecule has 0 spiro atoms. The van der Waals surface area contributed by atoms with Crippen LogP contribution in [0.1, 0.15) is 79.9 Å². The van der Waals surface area contributed by atoms with E-state index >= 15 is 0 Å². The molecule has 4 fully saturated rings. The maximum atomic E-state index is 11.1. The van der Waals surface area contributed by atoms with Gasteiger partial charge in [0.2, 0.25) is 0 Å². The summed E-state index contributed by atoms with van der Waals surface area (Å²) < 4.78 is 0. The molecular weight excluding hydrogens is 268 g/mol. The van der Waals surface area contributed by atoms with Gasteiger partial charge in [-0.15, -0.1) is 0 Å². The van der Waals surface area contributed by atoms with E-state index < -0.39 is 0 Å². The molecular formula is C21H28O. The van der Waals surface area contributed by atoms with Crippen molar-refractivity contribution in [3.63, 3.8) is 0 Å². The molecule has 0 amide bonds. The number of aromatic hydroxyl groups is 1. The van der Waals surface area contributed by atoms with Crippen LogP contribution in [0.5, 0.6) is 5.75 Å². The molecule has 1 aromatic carbocycles. The van der Waals surface area contributed by atoms with Crippen LogP contribution in [-0.4, -0.2) is 5.11 Å². The van der Waals surface area contributed by atoms with E-state index in [0.29, 0.717) is 17.6 Å². The molecule has 118 valence electrons. The maximum Gasteiger partial charge on any atom is 0.122 e. The Kier molecular flexibility index (Phi) is 2.91. The van der Waals surface area contributed by atoms with Gasteiger partial charge in [0.25, 0.3) is 0 Å². The molecule has 22 heavy (non-hydrogen) atoms. The zero-order valence-corrected chi connectivity index (χ0v) is 13.7. The van der Waals surface area contributed by atoms with Gasteiger partial charge in [-0.05, 0) is 92.1 Å². The van der Waals surface area contributed by atoms with Gasteiger partial charge in [0.05, 0.1) is 0 Å². The molecule has 0 radical (unpaired) electrons. The Hall–Kier alpha value is -0.980. The van der Waals surface area contributed by atoms with Crippen LogP contribution in [0, 0.1) is 30.6 Å². The summed E-state index contributed by atoms with van der Waals surface area (Å²) >= 11 is 0. The minimum atomic E-state index is 0.649. The highest BCUT2D eigenvalue weighted by molar-refractivity contribution is 5.48. The zero-order valence-electron chi connectivity index (χ0n) is 13.7. The molecule has 6 atom stereocenters. The Bertz CT molecular complexity index is 555. The second-order valence-corrected chi connectivity index (χ2v) is 8.85. The monoisotopic (exact) mass is 296 g/mol. The normalized spacial score (nSPS) is 42.4. The standard InChI is InChI=1S/C21H28O/c1-12-6-19(17-10-13-2-4-15(17)8-13)21(22)20(7-12)18-11-14-3-5-16(18)9-14/h6-7,13-18,22H,2-5,8-11H2,1H3/t13-,14+,15+,16-,17-,18-/m0/s1. The van der Waals surface area contributed by atoms with Crippen molar-refractivity contribution in [1.82, 2.24) is 0 Å². The van der Waals surface area contributed by atoms with Crippen molar-refractivity contribution in [3.05, 3.63) is 28.8 Å². The summed E-state index contributed by atoms with van der Waals surface area (Å²) in [5, 5.41) is 11.1. The lowest BCUT2D eigenvalue weighted by atomic mass is 9.77. The Labute approximate surface area is 134 Å². The van der Waals surface area contributed by atoms with Gasteiger partial charge >= 0.3 is 0 Å². The highest BCUT2D eigenvalue weighted by Crippen LogP contribution is 2.58. The molecule has 5 rings (SSSR count). The molecule has 0 aliphatic heterocycles. The molecule has 0 heterocycles. The molecule has 4 bridgehead atoms. The van der Waals surface area contributed by atoms with E-state index in [0.717, 1.165) is 23.7 Å². The topological polar surface area (TPSA) is 20.2 Å². The number of benzene rings is 1. The third kappa shape index (κ3) is 1.90. The van der Waals surface area contributed by atoms with Crippen LogP contribution in [0.3, 0.4) is 0 Å². The van der Waals surface area contributed by atoms with E-state index in [1.165, 1.54) is 68.1 Å². The van der Waals surface area contributed by atoms with E-state index in [-0.39, 0.29) is 0 Å². The van der Waals surface area contributed by atoms with Crippen molar-refractivity contribution in [3.8, 4) is 5.75 Å². The van der Waals surface area contributed by atoms with Crippen LogP contribution in [0.4, 0.5) is 0 Å². The molecule has 4 aliphatic rings. The zero-order chi connectivity index (χ0) is 14.8. The minimum absolute atomic E-state index is 0.649. The number of phenols is 1. The molecule has 0 saturated heterocycles. The summed E-state index contributed by atoms with van der Waals surface area (Å²) in [6.07, 6.45) is 11.2. The van der Waals surface area contributed by atoms with Crippen molar-refractivity contribution in [2.24, 2.45) is 23.7 Å². The average molecular weight is 296 g/mol. The van der Waals surface area contributed by atoms with Crippen molar-refractivity contribution in [2.75, 3.05) is 0 Å². The largest absolute Gasteiger partial charge is 0.507 e. The van der Waals surface area contributed by atoms with Gasteiger partial charge in [0, 0.05) is 0 Å². The predicted octanol–water partition coefficient (Wildman–Crippen LogP) is 5.51. The van der Waals surface area contributed by atoms with Crippen LogP contribution in [0.2, 0.25) is 0 Å². The molecule has 4 aliphatic carbocycles. The van der Waals surface area contributed by atoms with Crippen LogP contribution >= 0.6 is 0 Å². The third-order valence-corrected chi connectivity index (χ3v) is 7.59. The van der Waals surface area contributed by atoms with E-state index in [4.69, 9.17) is 0 Å². The number of hydrogen-bond acceptors (Lipinski definition) is 1. The smallest absolute Gasteiger partial charge is 0.122 e. The number of fused-ring (bicyclic) bond motifs is 4. The van der Waals surface area contributed by atoms with Crippen LogP contribution in [0.15, 0.2) is 12.1 Å². The molecule has 4 saturated carbocycles. The highest BCUT2D eigenvalue weighted by atomic mass is 16.3. The number of hydrogen-bond donors (Lipinski definition) is 1. The highest BCUT2D eigenvalue weighted by Gasteiger charge is 2.44. The Morgan fingerprint density at radius 3 is 1.64 bits per heavy atom. The van der Waals surface area contributed by atoms with Gasteiger partial charge in [0.1, 0.15) is 5.75 Å². The maximum absolute atomic E-state index is 11.1. The fourth-order valence-electron chi connectivity index (χ4n) is 6.65. The van der Waals surface area contributed by atoms with Crippen LogP contribution < -0.4 is 0 Å². The summed E-state index contributed by atoms with van der Waals surface area (Å²) in [6.45, 7) is 2.23. The lowest BCUT2D eigenvalue weighted by Crippen LogP contribution is -2.13. The number of phenolic OH excluding ortho intramolecular Hbond substituents is 1. The quantitative estimate of drug-likeness (QED) is 0.763. The van der Waals surface area contributed by atoms with E-state index in [1.807, 2.05) is 0 Å². The summed E-state index contributed by atoms with van der Waals surface area (Å²) in [4.78, 5) is 0. The van der Waals surface area contributed by atoms with E-state index in [9.17, 15) is 5.11 Å². The van der Waals surface area contributed by atoms with Gasteiger partial charge in [-0.1, -0.05) is 30.5 Å². The fraction of sp³-hybridized carbons (Fsp3) is 0.714. The molecule has 1 aromatic rings. The van der Waals surface area contributed by atoms with Crippen molar-refractivity contribution < 1.29 is 5.11 Å². The minimum Gasteiger partial charge on any atom is -0.507 e. The average Bonchev–Trinajstić information content (AvgIpc) is 3.29. The molecule has 1 nitrogen and oxygen atoms in total. The first-order valence-corrected chi connectivity index (χ1v) is 9.52. The molecule has 1 N–H and O–H groups in total. The third-order valence-electron chi connectivity index (χ3n) is 7.59. The first-order chi connectivity index (χ1) is 10.7. The SMILES string of the molecule is Cc1cc([C@H]2C[C@H]3CC[C@@H]2C3)c(O)c([C@H]2C[C@@H]3CC[C@H]2C3)c1. The Morgan fingerprint density at radius 2 is 1.27 bits per heavy atom. The Balaban J connectivity index is 1.53. The molecule has 0 aromatic heterocycles. The van der Waals surface area contributed by atoms with Crippen molar-refractivity contribution in [1.29, 1.82) is 0 Å². The second kappa shape index (κ2) is 4.76. The van der Waals surface area contributed by atoms with E-state index in [2.05, 4.69) is 19.1 Å². The number of rotatable bonds is 2. The second-order valence-electron chi connectivity index (χ2n) is 8.85. The molecule has 0 unspecified atom stereocenters. The lowest BCUT2D eigenvalue weighted by molar-refractivity contribution is 0.376. The van der Waals surface area contributed by atoms with Gasteiger partial charge < -0.3 is 5.11 Å². The number of aryl methyl sites for hydroxylation is 1. The lowest BCUT2D eigenvalue weighted by Gasteiger charge is -2.28. The predicted molar refractivity (Wildman–Crippen MR) is 89.2 cm³/mol. The van der Waals surface area contributed by atoms with Crippen molar-refractivity contribution in [2.45, 2.75) is 70.1 Å². The van der Waals surface area contributed by atoms with Gasteiger partial charge in [-0.25, -0.2) is 0 Å². The molecule has 1 heteroatoms.